The van der Waals surface area contributed by atoms with Gasteiger partial charge in [0.05, 0.1) is 0 Å². The molecule has 2 aromatic carbocycles. The lowest BCUT2D eigenvalue weighted by atomic mass is 10.1. The van der Waals surface area contributed by atoms with Gasteiger partial charge in [-0.15, -0.1) is 0 Å². The fraction of sp³-hybridized carbons (Fsp3) is 0.0909. The first-order chi connectivity index (χ1) is 7.04. The molecule has 0 fully saturated rings. The summed E-state index contributed by atoms with van der Waals surface area (Å²) in [6, 6.07) is 13.5. The van der Waals surface area contributed by atoms with E-state index >= 15 is 0 Å². The van der Waals surface area contributed by atoms with Crippen molar-refractivity contribution < 1.29 is 8.42 Å². The molecule has 2 aromatic rings. The molecule has 0 amide bonds. The van der Waals surface area contributed by atoms with Gasteiger partial charge in [-0.25, -0.2) is 8.42 Å². The molecule has 0 aliphatic carbocycles. The molecule has 0 aliphatic heterocycles. The topological polar surface area (TPSA) is 34.1 Å². The highest BCUT2D eigenvalue weighted by molar-refractivity contribution is 8.71. The molecule has 0 atom stereocenters. The zero-order chi connectivity index (χ0) is 10.9. The van der Waals surface area contributed by atoms with Gasteiger partial charge >= 0.3 is 0 Å². The highest BCUT2D eigenvalue weighted by Crippen LogP contribution is 2.26. The van der Waals surface area contributed by atoms with Crippen LogP contribution in [0.15, 0.2) is 47.4 Å². The van der Waals surface area contributed by atoms with Gasteiger partial charge < -0.3 is 0 Å². The minimum absolute atomic E-state index is 0.760. The summed E-state index contributed by atoms with van der Waals surface area (Å²) in [5, 5.41) is 2.18. The maximum Gasteiger partial charge on any atom is 0.203 e. The van der Waals surface area contributed by atoms with Crippen molar-refractivity contribution in [3.05, 3.63) is 42.5 Å². The van der Waals surface area contributed by atoms with Crippen molar-refractivity contribution in [2.45, 2.75) is 4.90 Å². The van der Waals surface area contributed by atoms with E-state index in [4.69, 9.17) is 0 Å². The van der Waals surface area contributed by atoms with Crippen LogP contribution in [0.3, 0.4) is 0 Å². The maximum atomic E-state index is 11.1. The number of benzene rings is 2. The lowest BCUT2D eigenvalue weighted by Gasteiger charge is -2.01. The molecular weight excluding hydrogens is 228 g/mol. The van der Waals surface area contributed by atoms with Gasteiger partial charge in [-0.1, -0.05) is 30.3 Å². The Hall–Kier alpha value is -1.00. The van der Waals surface area contributed by atoms with E-state index in [1.54, 1.807) is 0 Å². The molecule has 0 radical (unpaired) electrons. The van der Waals surface area contributed by atoms with Crippen LogP contribution in [0.25, 0.3) is 10.8 Å². The van der Waals surface area contributed by atoms with Crippen LogP contribution in [-0.2, 0) is 8.87 Å². The quantitative estimate of drug-likeness (QED) is 0.754. The first-order valence-electron chi connectivity index (χ1n) is 4.43. The average Bonchev–Trinajstić information content (AvgIpc) is 2.15. The van der Waals surface area contributed by atoms with Gasteiger partial charge in [0.1, 0.15) is 0 Å². The van der Waals surface area contributed by atoms with Gasteiger partial charge in [-0.3, -0.25) is 0 Å². The highest BCUT2D eigenvalue weighted by atomic mass is 33.1. The van der Waals surface area contributed by atoms with Gasteiger partial charge in [0.2, 0.25) is 8.87 Å². The van der Waals surface area contributed by atoms with E-state index in [9.17, 15) is 8.42 Å². The summed E-state index contributed by atoms with van der Waals surface area (Å²) in [5.41, 5.74) is 0. The Kier molecular flexibility index (Phi) is 2.71. The molecule has 0 spiro atoms. The molecule has 0 saturated heterocycles. The van der Waals surface area contributed by atoms with E-state index < -0.39 is 8.87 Å². The third kappa shape index (κ3) is 2.73. The summed E-state index contributed by atoms with van der Waals surface area (Å²) in [6.45, 7) is 0. The van der Waals surface area contributed by atoms with E-state index in [1.807, 2.05) is 42.5 Å². The monoisotopic (exact) mass is 238 g/mol. The summed E-state index contributed by atoms with van der Waals surface area (Å²) >= 11 is 0. The molecule has 0 saturated carbocycles. The fourth-order valence-electron chi connectivity index (χ4n) is 1.39. The normalized spacial score (nSPS) is 11.8. The SMILES string of the molecule is CS(=O)(=O)Sc1ccc2ccccc2c1. The summed E-state index contributed by atoms with van der Waals surface area (Å²) in [6.07, 6.45) is 1.22. The third-order valence-corrected chi connectivity index (χ3v) is 4.20. The van der Waals surface area contributed by atoms with Crippen LogP contribution in [0.2, 0.25) is 0 Å². The van der Waals surface area contributed by atoms with Crippen LogP contribution in [0, 0.1) is 0 Å². The van der Waals surface area contributed by atoms with Crippen LogP contribution >= 0.6 is 10.8 Å². The van der Waals surface area contributed by atoms with E-state index in [0.29, 0.717) is 0 Å². The fourth-order valence-corrected chi connectivity index (χ4v) is 3.40. The van der Waals surface area contributed by atoms with Gasteiger partial charge in [0.25, 0.3) is 0 Å². The standard InChI is InChI=1S/C11H10O2S2/c1-15(12,13)14-11-7-6-9-4-2-3-5-10(9)8-11/h2-8H,1H3. The number of hydrogen-bond donors (Lipinski definition) is 0. The van der Waals surface area contributed by atoms with Crippen molar-refractivity contribution in [1.82, 2.24) is 0 Å². The van der Waals surface area contributed by atoms with E-state index in [0.717, 1.165) is 26.5 Å². The van der Waals surface area contributed by atoms with Gasteiger partial charge in [-0.2, -0.15) is 0 Å². The number of hydrogen-bond acceptors (Lipinski definition) is 3. The molecule has 0 aromatic heterocycles. The summed E-state index contributed by atoms with van der Waals surface area (Å²) in [4.78, 5) is 0.760. The minimum Gasteiger partial charge on any atom is -0.217 e. The van der Waals surface area contributed by atoms with Crippen molar-refractivity contribution in [2.24, 2.45) is 0 Å². The van der Waals surface area contributed by atoms with Crippen LogP contribution in [-0.4, -0.2) is 14.7 Å². The van der Waals surface area contributed by atoms with E-state index in [2.05, 4.69) is 0 Å². The van der Waals surface area contributed by atoms with Crippen molar-refractivity contribution in [3.63, 3.8) is 0 Å². The Bertz CT molecular complexity index is 588. The summed E-state index contributed by atoms with van der Waals surface area (Å²) in [7, 11) is -2.14. The smallest absolute Gasteiger partial charge is 0.203 e. The first kappa shape index (κ1) is 10.5. The Labute approximate surface area is 92.6 Å². The molecule has 0 unspecified atom stereocenters. The molecule has 0 N–H and O–H groups in total. The van der Waals surface area contributed by atoms with Gasteiger partial charge in [0, 0.05) is 21.9 Å². The van der Waals surface area contributed by atoms with Crippen LogP contribution in [0.1, 0.15) is 0 Å². The largest absolute Gasteiger partial charge is 0.217 e. The molecular formula is C11H10O2S2. The number of fused-ring (bicyclic) bond motifs is 1. The first-order valence-corrected chi connectivity index (χ1v) is 7.65. The van der Waals surface area contributed by atoms with Crippen molar-refractivity contribution >= 4 is 30.4 Å². The Balaban J connectivity index is 2.48. The zero-order valence-corrected chi connectivity index (χ0v) is 9.81. The highest BCUT2D eigenvalue weighted by Gasteiger charge is 2.05. The minimum atomic E-state index is -3.03. The molecule has 0 aliphatic rings. The van der Waals surface area contributed by atoms with Gasteiger partial charge in [0.15, 0.2) is 0 Å². The second-order valence-corrected chi connectivity index (χ2v) is 7.66. The molecule has 78 valence electrons. The lowest BCUT2D eigenvalue weighted by molar-refractivity contribution is 0.615. The maximum absolute atomic E-state index is 11.1. The lowest BCUT2D eigenvalue weighted by Crippen LogP contribution is -1.87. The summed E-state index contributed by atoms with van der Waals surface area (Å²) < 4.78 is 22.2. The van der Waals surface area contributed by atoms with Crippen molar-refractivity contribution in [2.75, 3.05) is 6.26 Å². The Morgan fingerprint density at radius 1 is 1.00 bits per heavy atom. The molecule has 4 heteroatoms. The average molecular weight is 238 g/mol. The van der Waals surface area contributed by atoms with Crippen molar-refractivity contribution in [3.8, 4) is 0 Å². The molecule has 2 rings (SSSR count). The van der Waals surface area contributed by atoms with E-state index in [-0.39, 0.29) is 0 Å². The number of rotatable bonds is 2. The Morgan fingerprint density at radius 3 is 2.33 bits per heavy atom. The van der Waals surface area contributed by atoms with E-state index in [1.165, 1.54) is 6.26 Å². The van der Waals surface area contributed by atoms with Crippen LogP contribution in [0.4, 0.5) is 0 Å². The predicted molar refractivity (Wildman–Crippen MR) is 64.6 cm³/mol. The summed E-state index contributed by atoms with van der Waals surface area (Å²) in [5.74, 6) is 0. The predicted octanol–water partition coefficient (Wildman–Crippen LogP) is 2.89. The molecule has 0 heterocycles. The second kappa shape index (κ2) is 3.87. The molecule has 0 bridgehead atoms. The third-order valence-electron chi connectivity index (χ3n) is 1.97. The van der Waals surface area contributed by atoms with Crippen LogP contribution in [0.5, 0.6) is 0 Å². The van der Waals surface area contributed by atoms with Crippen molar-refractivity contribution in [1.29, 1.82) is 0 Å². The zero-order valence-electron chi connectivity index (χ0n) is 8.17. The molecule has 15 heavy (non-hydrogen) atoms. The second-order valence-electron chi connectivity index (χ2n) is 3.30. The Morgan fingerprint density at radius 2 is 1.67 bits per heavy atom. The van der Waals surface area contributed by atoms with Gasteiger partial charge in [-0.05, 0) is 22.9 Å². The molecule has 2 nitrogen and oxygen atoms in total. The van der Waals surface area contributed by atoms with Crippen LogP contribution < -0.4 is 0 Å².